The Morgan fingerprint density at radius 2 is 1.57 bits per heavy atom. The summed E-state index contributed by atoms with van der Waals surface area (Å²) >= 11 is 0. The average Bonchev–Trinajstić information content (AvgIpc) is 3.40. The lowest BCUT2D eigenvalue weighted by Gasteiger charge is -2.13. The topological polar surface area (TPSA) is 50.8 Å². The van der Waals surface area contributed by atoms with Crippen LogP contribution in [0.25, 0.3) is 6.08 Å². The van der Waals surface area contributed by atoms with E-state index >= 15 is 0 Å². The molecule has 1 amide bonds. The van der Waals surface area contributed by atoms with Gasteiger partial charge in [-0.05, 0) is 81.2 Å². The maximum Gasteiger partial charge on any atom is 0.248 e. The summed E-state index contributed by atoms with van der Waals surface area (Å²) in [5.41, 5.74) is 1.66. The number of amides is 1. The van der Waals surface area contributed by atoms with Gasteiger partial charge in [-0.3, -0.25) is 4.79 Å². The van der Waals surface area contributed by atoms with Crippen LogP contribution in [0.2, 0.25) is 0 Å². The zero-order valence-electron chi connectivity index (χ0n) is 21.3. The van der Waals surface area contributed by atoms with Crippen LogP contribution in [0.4, 0.5) is 5.69 Å². The van der Waals surface area contributed by atoms with Gasteiger partial charge in [0, 0.05) is 11.8 Å². The third-order valence-electron chi connectivity index (χ3n) is 6.48. The number of nitrogens with one attached hydrogen (secondary N) is 1. The smallest absolute Gasteiger partial charge is 0.248 e. The minimum atomic E-state index is -0.169. The highest BCUT2D eigenvalue weighted by atomic mass is 16.5. The van der Waals surface area contributed by atoms with Crippen LogP contribution in [0.15, 0.2) is 54.6 Å². The molecule has 0 aromatic heterocycles. The Morgan fingerprint density at radius 3 is 2.29 bits per heavy atom. The van der Waals surface area contributed by atoms with E-state index in [0.29, 0.717) is 12.4 Å². The molecule has 0 atom stereocenters. The number of para-hydroxylation sites is 1. The molecular formula is C30H42N2O3. The minimum absolute atomic E-state index is 0.169. The molecule has 3 rings (SSSR count). The molecule has 35 heavy (non-hydrogen) atoms. The van der Waals surface area contributed by atoms with Gasteiger partial charge in [-0.2, -0.15) is 0 Å². The van der Waals surface area contributed by atoms with E-state index in [-0.39, 0.29) is 5.91 Å². The third kappa shape index (κ3) is 10.6. The van der Waals surface area contributed by atoms with Gasteiger partial charge in [-0.25, -0.2) is 0 Å². The first-order valence-corrected chi connectivity index (χ1v) is 13.3. The van der Waals surface area contributed by atoms with E-state index < -0.39 is 0 Å². The van der Waals surface area contributed by atoms with E-state index in [4.69, 9.17) is 9.47 Å². The van der Waals surface area contributed by atoms with Gasteiger partial charge in [0.25, 0.3) is 0 Å². The zero-order valence-corrected chi connectivity index (χ0v) is 21.3. The number of carbonyl (C=O) groups is 1. The second-order valence-corrected chi connectivity index (χ2v) is 9.32. The van der Waals surface area contributed by atoms with Gasteiger partial charge in [-0.15, -0.1) is 0 Å². The first kappa shape index (κ1) is 26.8. The molecule has 0 spiro atoms. The Hall–Kier alpha value is -2.79. The maximum atomic E-state index is 12.1. The first-order chi connectivity index (χ1) is 17.2. The standard InChI is InChI=1S/C30H42N2O3/c1-34-29-25-26(18-20-30(33)31-27-15-9-8-10-16-27)17-19-28(29)35-24-14-7-5-3-2-4-6-11-21-32-22-12-13-23-32/h8-10,15-20,25H,2-7,11-14,21-24H2,1H3,(H,31,33)/b20-18+. The first-order valence-electron chi connectivity index (χ1n) is 13.3. The summed E-state index contributed by atoms with van der Waals surface area (Å²) in [5, 5.41) is 2.84. The summed E-state index contributed by atoms with van der Waals surface area (Å²) in [5.74, 6) is 1.26. The quantitative estimate of drug-likeness (QED) is 0.210. The average molecular weight is 479 g/mol. The fraction of sp³-hybridized carbons (Fsp3) is 0.500. The van der Waals surface area contributed by atoms with E-state index in [2.05, 4.69) is 10.2 Å². The molecule has 0 bridgehead atoms. The lowest BCUT2D eigenvalue weighted by molar-refractivity contribution is -0.111. The van der Waals surface area contributed by atoms with Crippen molar-refractivity contribution in [3.63, 3.8) is 0 Å². The van der Waals surface area contributed by atoms with Crippen LogP contribution in [-0.2, 0) is 4.79 Å². The molecule has 1 heterocycles. The second-order valence-electron chi connectivity index (χ2n) is 9.32. The Kier molecular flexibility index (Phi) is 12.2. The van der Waals surface area contributed by atoms with Crippen LogP contribution in [0.5, 0.6) is 11.5 Å². The second kappa shape index (κ2) is 16.0. The van der Waals surface area contributed by atoms with Crippen LogP contribution in [0.3, 0.4) is 0 Å². The molecule has 2 aromatic rings. The summed E-state index contributed by atoms with van der Waals surface area (Å²) in [4.78, 5) is 14.7. The summed E-state index contributed by atoms with van der Waals surface area (Å²) in [6.07, 6.45) is 16.4. The Balaban J connectivity index is 1.26. The molecule has 1 aliphatic rings. The van der Waals surface area contributed by atoms with Crippen molar-refractivity contribution in [1.82, 2.24) is 4.90 Å². The zero-order chi connectivity index (χ0) is 24.6. The van der Waals surface area contributed by atoms with Crippen molar-refractivity contribution in [2.45, 2.75) is 64.2 Å². The molecule has 1 aliphatic heterocycles. The molecule has 0 radical (unpaired) electrons. The van der Waals surface area contributed by atoms with Gasteiger partial charge in [0.15, 0.2) is 11.5 Å². The van der Waals surface area contributed by atoms with Crippen molar-refractivity contribution in [1.29, 1.82) is 0 Å². The molecular weight excluding hydrogens is 436 g/mol. The predicted octanol–water partition coefficient (Wildman–Crippen LogP) is 6.94. The molecule has 2 aromatic carbocycles. The molecule has 0 aliphatic carbocycles. The highest BCUT2D eigenvalue weighted by Crippen LogP contribution is 2.29. The monoisotopic (exact) mass is 478 g/mol. The Morgan fingerprint density at radius 1 is 0.886 bits per heavy atom. The van der Waals surface area contributed by atoms with Crippen molar-refractivity contribution in [2.24, 2.45) is 0 Å². The normalized spacial score (nSPS) is 13.9. The number of anilines is 1. The van der Waals surface area contributed by atoms with Crippen LogP contribution < -0.4 is 14.8 Å². The van der Waals surface area contributed by atoms with Gasteiger partial charge >= 0.3 is 0 Å². The largest absolute Gasteiger partial charge is 0.493 e. The maximum absolute atomic E-state index is 12.1. The van der Waals surface area contributed by atoms with Gasteiger partial charge in [0.1, 0.15) is 0 Å². The predicted molar refractivity (Wildman–Crippen MR) is 145 cm³/mol. The fourth-order valence-corrected chi connectivity index (χ4v) is 4.47. The SMILES string of the molecule is COc1cc(/C=C/C(=O)Nc2ccccc2)ccc1OCCCCCCCCCCN1CCCC1. The summed E-state index contributed by atoms with van der Waals surface area (Å²) in [6.45, 7) is 4.65. The number of hydrogen-bond acceptors (Lipinski definition) is 4. The van der Waals surface area contributed by atoms with Crippen LogP contribution in [0.1, 0.15) is 69.8 Å². The summed E-state index contributed by atoms with van der Waals surface area (Å²) in [7, 11) is 1.64. The van der Waals surface area contributed by atoms with E-state index in [1.165, 1.54) is 83.5 Å². The van der Waals surface area contributed by atoms with Crippen LogP contribution in [0, 0.1) is 0 Å². The summed E-state index contributed by atoms with van der Waals surface area (Å²) in [6, 6.07) is 15.2. The van der Waals surface area contributed by atoms with Gasteiger partial charge in [0.05, 0.1) is 13.7 Å². The number of unbranched alkanes of at least 4 members (excludes halogenated alkanes) is 7. The molecule has 1 N–H and O–H groups in total. The van der Waals surface area contributed by atoms with Gasteiger partial charge in [0.2, 0.25) is 5.91 Å². The third-order valence-corrected chi connectivity index (χ3v) is 6.48. The van der Waals surface area contributed by atoms with Crippen LogP contribution in [-0.4, -0.2) is 44.2 Å². The summed E-state index contributed by atoms with van der Waals surface area (Å²) < 4.78 is 11.5. The van der Waals surface area contributed by atoms with Crippen molar-refractivity contribution >= 4 is 17.7 Å². The van der Waals surface area contributed by atoms with Crippen molar-refractivity contribution < 1.29 is 14.3 Å². The molecule has 5 nitrogen and oxygen atoms in total. The number of likely N-dealkylation sites (tertiary alicyclic amines) is 1. The fourth-order valence-electron chi connectivity index (χ4n) is 4.47. The van der Waals surface area contributed by atoms with Crippen molar-refractivity contribution in [2.75, 3.05) is 38.7 Å². The van der Waals surface area contributed by atoms with Crippen molar-refractivity contribution in [3.8, 4) is 11.5 Å². The number of ether oxygens (including phenoxy) is 2. The number of benzene rings is 2. The number of carbonyl (C=O) groups excluding carboxylic acids is 1. The van der Waals surface area contributed by atoms with E-state index in [0.717, 1.165) is 23.4 Å². The van der Waals surface area contributed by atoms with Crippen molar-refractivity contribution in [3.05, 3.63) is 60.2 Å². The van der Waals surface area contributed by atoms with E-state index in [1.54, 1.807) is 13.2 Å². The van der Waals surface area contributed by atoms with E-state index in [1.807, 2.05) is 48.5 Å². The lowest BCUT2D eigenvalue weighted by Crippen LogP contribution is -2.20. The molecule has 5 heteroatoms. The van der Waals surface area contributed by atoms with Gasteiger partial charge in [-0.1, -0.05) is 62.8 Å². The number of hydrogen-bond donors (Lipinski definition) is 1. The number of nitrogens with zero attached hydrogens (tertiary/aromatic N) is 1. The molecule has 0 unspecified atom stereocenters. The Bertz CT molecular complexity index is 892. The molecule has 1 saturated heterocycles. The molecule has 190 valence electrons. The molecule has 1 fully saturated rings. The highest BCUT2D eigenvalue weighted by Gasteiger charge is 2.10. The minimum Gasteiger partial charge on any atom is -0.493 e. The lowest BCUT2D eigenvalue weighted by atomic mass is 10.1. The van der Waals surface area contributed by atoms with Crippen LogP contribution >= 0.6 is 0 Å². The molecule has 0 saturated carbocycles. The van der Waals surface area contributed by atoms with Gasteiger partial charge < -0.3 is 19.7 Å². The number of rotatable bonds is 16. The highest BCUT2D eigenvalue weighted by molar-refractivity contribution is 6.01. The Labute approximate surface area is 211 Å². The van der Waals surface area contributed by atoms with E-state index in [9.17, 15) is 4.79 Å². The number of methoxy groups -OCH3 is 1.